The Labute approximate surface area is 123 Å². The maximum absolute atomic E-state index is 11.6. The van der Waals surface area contributed by atoms with Crippen molar-refractivity contribution in [3.8, 4) is 0 Å². The quantitative estimate of drug-likeness (QED) is 0.905. The van der Waals surface area contributed by atoms with Gasteiger partial charge in [-0.2, -0.15) is 0 Å². The first-order chi connectivity index (χ1) is 10.3. The lowest BCUT2D eigenvalue weighted by atomic mass is 9.91. The predicted molar refractivity (Wildman–Crippen MR) is 79.9 cm³/mol. The van der Waals surface area contributed by atoms with Crippen molar-refractivity contribution in [2.75, 3.05) is 0 Å². The summed E-state index contributed by atoms with van der Waals surface area (Å²) in [6.07, 6.45) is 4.76. The number of nitrogens with one attached hydrogen (secondary N) is 1. The Bertz CT molecular complexity index is 628. The van der Waals surface area contributed by atoms with Crippen molar-refractivity contribution in [2.24, 2.45) is 0 Å². The molecule has 0 bridgehead atoms. The molecular formula is C17H18N2O2. The summed E-state index contributed by atoms with van der Waals surface area (Å²) in [5.41, 5.74) is 2.98. The molecule has 0 radical (unpaired) electrons. The highest BCUT2D eigenvalue weighted by Crippen LogP contribution is 2.30. The second-order valence-corrected chi connectivity index (χ2v) is 5.34. The molecule has 0 aliphatic heterocycles. The second-order valence-electron chi connectivity index (χ2n) is 5.34. The number of aliphatic carboxylic acids is 1. The summed E-state index contributed by atoms with van der Waals surface area (Å²) in [5.74, 6) is -0.857. The fourth-order valence-corrected chi connectivity index (χ4v) is 2.93. The number of aryl methyl sites for hydroxylation is 1. The van der Waals surface area contributed by atoms with Crippen molar-refractivity contribution in [3.63, 3.8) is 0 Å². The first-order valence-corrected chi connectivity index (χ1v) is 7.23. The summed E-state index contributed by atoms with van der Waals surface area (Å²) in [6.45, 7) is 0. The summed E-state index contributed by atoms with van der Waals surface area (Å²) < 4.78 is 0. The number of carbonyl (C=O) groups is 1. The lowest BCUT2D eigenvalue weighted by Gasteiger charge is -2.28. The number of benzene rings is 1. The van der Waals surface area contributed by atoms with Crippen LogP contribution in [0.3, 0.4) is 0 Å². The number of carboxylic acids is 1. The van der Waals surface area contributed by atoms with Crippen molar-refractivity contribution in [1.82, 2.24) is 10.3 Å². The van der Waals surface area contributed by atoms with Gasteiger partial charge in [-0.3, -0.25) is 15.1 Å². The van der Waals surface area contributed by atoms with Crippen LogP contribution in [-0.2, 0) is 11.2 Å². The van der Waals surface area contributed by atoms with Gasteiger partial charge in [0, 0.05) is 6.20 Å². The Morgan fingerprint density at radius 1 is 1.24 bits per heavy atom. The number of nitrogens with zero attached hydrogens (tertiary/aromatic N) is 1. The third-order valence-corrected chi connectivity index (χ3v) is 3.94. The van der Waals surface area contributed by atoms with E-state index in [1.54, 1.807) is 6.20 Å². The zero-order valence-electron chi connectivity index (χ0n) is 11.7. The molecule has 0 fully saturated rings. The minimum Gasteiger partial charge on any atom is -0.480 e. The Kier molecular flexibility index (Phi) is 3.97. The zero-order chi connectivity index (χ0) is 14.7. The van der Waals surface area contributed by atoms with Crippen molar-refractivity contribution in [2.45, 2.75) is 31.3 Å². The third-order valence-electron chi connectivity index (χ3n) is 3.94. The summed E-state index contributed by atoms with van der Waals surface area (Å²) in [6, 6.07) is 12.6. The number of fused-ring (bicyclic) bond motifs is 1. The average Bonchev–Trinajstić information content (AvgIpc) is 2.53. The van der Waals surface area contributed by atoms with Gasteiger partial charge >= 0.3 is 5.97 Å². The van der Waals surface area contributed by atoms with Crippen molar-refractivity contribution in [3.05, 3.63) is 65.5 Å². The van der Waals surface area contributed by atoms with Gasteiger partial charge in [0.15, 0.2) is 0 Å². The standard InChI is InChI=1S/C17H18N2O2/c20-17(21)16(13-6-2-1-3-7-13)19-14-10-4-8-12-9-5-11-18-15(12)14/h1-3,5-7,9,11,14,16,19H,4,8,10H2,(H,20,21). The summed E-state index contributed by atoms with van der Waals surface area (Å²) in [4.78, 5) is 16.1. The van der Waals surface area contributed by atoms with Crippen molar-refractivity contribution >= 4 is 5.97 Å². The van der Waals surface area contributed by atoms with Crippen LogP contribution >= 0.6 is 0 Å². The molecular weight excluding hydrogens is 264 g/mol. The Hall–Kier alpha value is -2.20. The number of hydrogen-bond donors (Lipinski definition) is 2. The number of hydrogen-bond acceptors (Lipinski definition) is 3. The molecule has 1 aromatic carbocycles. The van der Waals surface area contributed by atoms with Gasteiger partial charge in [-0.1, -0.05) is 36.4 Å². The number of aromatic nitrogens is 1. The van der Waals surface area contributed by atoms with Crippen LogP contribution in [0, 0.1) is 0 Å². The van der Waals surface area contributed by atoms with Crippen LogP contribution in [-0.4, -0.2) is 16.1 Å². The van der Waals surface area contributed by atoms with E-state index in [4.69, 9.17) is 0 Å². The zero-order valence-corrected chi connectivity index (χ0v) is 11.7. The van der Waals surface area contributed by atoms with E-state index < -0.39 is 12.0 Å². The molecule has 4 heteroatoms. The fraction of sp³-hybridized carbons (Fsp3) is 0.294. The van der Waals surface area contributed by atoms with Crippen LogP contribution in [0.15, 0.2) is 48.7 Å². The van der Waals surface area contributed by atoms with Crippen LogP contribution in [0.2, 0.25) is 0 Å². The van der Waals surface area contributed by atoms with E-state index in [1.807, 2.05) is 36.4 Å². The number of pyridine rings is 1. The van der Waals surface area contributed by atoms with Gasteiger partial charge < -0.3 is 5.11 Å². The van der Waals surface area contributed by atoms with Gasteiger partial charge in [-0.15, -0.1) is 0 Å². The van der Waals surface area contributed by atoms with Gasteiger partial charge in [0.2, 0.25) is 0 Å². The van der Waals surface area contributed by atoms with E-state index in [1.165, 1.54) is 5.56 Å². The van der Waals surface area contributed by atoms with Crippen LogP contribution in [0.4, 0.5) is 0 Å². The van der Waals surface area contributed by atoms with E-state index in [0.717, 1.165) is 30.5 Å². The first-order valence-electron chi connectivity index (χ1n) is 7.23. The topological polar surface area (TPSA) is 62.2 Å². The minimum absolute atomic E-state index is 0.00347. The molecule has 1 aromatic heterocycles. The lowest BCUT2D eigenvalue weighted by molar-refractivity contribution is -0.140. The molecule has 0 spiro atoms. The molecule has 21 heavy (non-hydrogen) atoms. The van der Waals surface area contributed by atoms with Gasteiger partial charge in [0.1, 0.15) is 6.04 Å². The molecule has 2 N–H and O–H groups in total. The largest absolute Gasteiger partial charge is 0.480 e. The summed E-state index contributed by atoms with van der Waals surface area (Å²) in [5, 5.41) is 12.8. The molecule has 1 aliphatic rings. The molecule has 1 aliphatic carbocycles. The van der Waals surface area contributed by atoms with Gasteiger partial charge in [-0.25, -0.2) is 0 Å². The fourth-order valence-electron chi connectivity index (χ4n) is 2.93. The first kappa shape index (κ1) is 13.8. The molecule has 0 amide bonds. The maximum atomic E-state index is 11.6. The Morgan fingerprint density at radius 2 is 2.05 bits per heavy atom. The molecule has 2 unspecified atom stereocenters. The lowest BCUT2D eigenvalue weighted by Crippen LogP contribution is -2.34. The van der Waals surface area contributed by atoms with Crippen LogP contribution in [0.5, 0.6) is 0 Å². The minimum atomic E-state index is -0.857. The molecule has 1 heterocycles. The predicted octanol–water partition coefficient (Wildman–Crippen LogP) is 2.87. The normalized spacial score (nSPS) is 18.8. The summed E-state index contributed by atoms with van der Waals surface area (Å²) in [7, 11) is 0. The molecule has 4 nitrogen and oxygen atoms in total. The number of carboxylic acid groups (broad SMARTS) is 1. The van der Waals surface area contributed by atoms with E-state index in [2.05, 4.69) is 16.4 Å². The second kappa shape index (κ2) is 6.06. The highest BCUT2D eigenvalue weighted by Gasteiger charge is 2.27. The van der Waals surface area contributed by atoms with Crippen molar-refractivity contribution in [1.29, 1.82) is 0 Å². The van der Waals surface area contributed by atoms with Gasteiger partial charge in [0.25, 0.3) is 0 Å². The SMILES string of the molecule is O=C(O)C(NC1CCCc2cccnc21)c1ccccc1. The monoisotopic (exact) mass is 282 g/mol. The molecule has 108 valence electrons. The van der Waals surface area contributed by atoms with Crippen LogP contribution < -0.4 is 5.32 Å². The van der Waals surface area contributed by atoms with E-state index in [-0.39, 0.29) is 6.04 Å². The molecule has 2 aromatic rings. The van der Waals surface area contributed by atoms with Crippen molar-refractivity contribution < 1.29 is 9.90 Å². The molecule has 2 atom stereocenters. The third kappa shape index (κ3) is 2.95. The average molecular weight is 282 g/mol. The molecule has 0 saturated heterocycles. The Balaban J connectivity index is 1.86. The van der Waals surface area contributed by atoms with Gasteiger partial charge in [-0.05, 0) is 36.5 Å². The highest BCUT2D eigenvalue weighted by molar-refractivity contribution is 5.75. The Morgan fingerprint density at radius 3 is 2.81 bits per heavy atom. The highest BCUT2D eigenvalue weighted by atomic mass is 16.4. The molecule has 3 rings (SSSR count). The smallest absolute Gasteiger partial charge is 0.325 e. The van der Waals surface area contributed by atoms with Gasteiger partial charge in [0.05, 0.1) is 11.7 Å². The van der Waals surface area contributed by atoms with Crippen LogP contribution in [0.1, 0.15) is 41.7 Å². The van der Waals surface area contributed by atoms with E-state index in [9.17, 15) is 9.90 Å². The summed E-state index contributed by atoms with van der Waals surface area (Å²) >= 11 is 0. The maximum Gasteiger partial charge on any atom is 0.325 e. The van der Waals surface area contributed by atoms with E-state index in [0.29, 0.717) is 0 Å². The molecule has 0 saturated carbocycles. The van der Waals surface area contributed by atoms with E-state index >= 15 is 0 Å². The van der Waals surface area contributed by atoms with Crippen LogP contribution in [0.25, 0.3) is 0 Å². The number of rotatable bonds is 4.